The molecule has 1 aliphatic rings. The lowest BCUT2D eigenvalue weighted by molar-refractivity contribution is 0.100. The molecule has 0 bridgehead atoms. The SMILES string of the molecule is NC(=O)c1ccc(N)cc1NCCC1CCC1. The molecule has 1 aromatic rings. The maximum Gasteiger partial charge on any atom is 0.250 e. The van der Waals surface area contributed by atoms with E-state index in [9.17, 15) is 4.79 Å². The fourth-order valence-corrected chi connectivity index (χ4v) is 2.12. The third-order valence-electron chi connectivity index (χ3n) is 3.40. The molecule has 2 rings (SSSR count). The third-order valence-corrected chi connectivity index (χ3v) is 3.40. The van der Waals surface area contributed by atoms with E-state index < -0.39 is 5.91 Å². The van der Waals surface area contributed by atoms with Crippen LogP contribution in [0.4, 0.5) is 11.4 Å². The van der Waals surface area contributed by atoms with E-state index in [0.717, 1.165) is 24.6 Å². The molecule has 0 atom stereocenters. The van der Waals surface area contributed by atoms with Crippen LogP contribution >= 0.6 is 0 Å². The Bertz CT molecular complexity index is 413. The minimum Gasteiger partial charge on any atom is -0.399 e. The number of rotatable bonds is 5. The van der Waals surface area contributed by atoms with Gasteiger partial charge >= 0.3 is 0 Å². The summed E-state index contributed by atoms with van der Waals surface area (Å²) in [6.45, 7) is 0.869. The molecule has 1 aromatic carbocycles. The Morgan fingerprint density at radius 3 is 2.76 bits per heavy atom. The van der Waals surface area contributed by atoms with Crippen molar-refractivity contribution < 1.29 is 4.79 Å². The number of hydrogen-bond donors (Lipinski definition) is 3. The largest absolute Gasteiger partial charge is 0.399 e. The van der Waals surface area contributed by atoms with Crippen molar-refractivity contribution in [2.24, 2.45) is 11.7 Å². The van der Waals surface area contributed by atoms with E-state index in [-0.39, 0.29) is 0 Å². The second-order valence-electron chi connectivity index (χ2n) is 4.68. The van der Waals surface area contributed by atoms with E-state index in [1.54, 1.807) is 18.2 Å². The molecule has 0 unspecified atom stereocenters. The Morgan fingerprint density at radius 2 is 2.18 bits per heavy atom. The summed E-state index contributed by atoms with van der Waals surface area (Å²) in [4.78, 5) is 11.2. The van der Waals surface area contributed by atoms with E-state index in [0.29, 0.717) is 11.3 Å². The first-order chi connectivity index (χ1) is 8.16. The van der Waals surface area contributed by atoms with Crippen LogP contribution in [0.1, 0.15) is 36.0 Å². The number of nitrogens with two attached hydrogens (primary N) is 2. The molecule has 1 amide bonds. The van der Waals surface area contributed by atoms with Crippen LogP contribution in [-0.4, -0.2) is 12.5 Å². The van der Waals surface area contributed by atoms with Gasteiger partial charge in [-0.15, -0.1) is 0 Å². The van der Waals surface area contributed by atoms with Gasteiger partial charge in [0.25, 0.3) is 5.91 Å². The van der Waals surface area contributed by atoms with Crippen LogP contribution in [-0.2, 0) is 0 Å². The lowest BCUT2D eigenvalue weighted by Crippen LogP contribution is -2.18. The van der Waals surface area contributed by atoms with E-state index in [2.05, 4.69) is 5.32 Å². The summed E-state index contributed by atoms with van der Waals surface area (Å²) < 4.78 is 0. The van der Waals surface area contributed by atoms with Crippen LogP contribution < -0.4 is 16.8 Å². The monoisotopic (exact) mass is 233 g/mol. The van der Waals surface area contributed by atoms with Crippen molar-refractivity contribution in [3.63, 3.8) is 0 Å². The lowest BCUT2D eigenvalue weighted by Gasteiger charge is -2.25. The molecule has 17 heavy (non-hydrogen) atoms. The topological polar surface area (TPSA) is 81.1 Å². The predicted molar refractivity (Wildman–Crippen MR) is 69.8 cm³/mol. The minimum atomic E-state index is -0.420. The summed E-state index contributed by atoms with van der Waals surface area (Å²) in [6, 6.07) is 5.13. The number of anilines is 2. The van der Waals surface area contributed by atoms with Gasteiger partial charge in [0.2, 0.25) is 0 Å². The first-order valence-corrected chi connectivity index (χ1v) is 6.10. The van der Waals surface area contributed by atoms with Gasteiger partial charge in [-0.05, 0) is 30.5 Å². The quantitative estimate of drug-likeness (QED) is 0.680. The number of carbonyl (C=O) groups excluding carboxylic acids is 1. The van der Waals surface area contributed by atoms with Crippen LogP contribution in [0, 0.1) is 5.92 Å². The zero-order valence-corrected chi connectivity index (χ0v) is 9.91. The van der Waals surface area contributed by atoms with Crippen molar-refractivity contribution in [1.29, 1.82) is 0 Å². The molecule has 0 heterocycles. The lowest BCUT2D eigenvalue weighted by atomic mass is 9.83. The minimum absolute atomic E-state index is 0.420. The van der Waals surface area contributed by atoms with Crippen molar-refractivity contribution >= 4 is 17.3 Å². The van der Waals surface area contributed by atoms with Gasteiger partial charge in [-0.25, -0.2) is 0 Å². The highest BCUT2D eigenvalue weighted by Crippen LogP contribution is 2.29. The number of amides is 1. The Kier molecular flexibility index (Phi) is 3.52. The van der Waals surface area contributed by atoms with Crippen LogP contribution in [0.25, 0.3) is 0 Å². The maximum atomic E-state index is 11.2. The van der Waals surface area contributed by atoms with Gasteiger partial charge in [-0.2, -0.15) is 0 Å². The molecule has 0 saturated heterocycles. The number of nitrogens with one attached hydrogen (secondary N) is 1. The first kappa shape index (κ1) is 11.8. The summed E-state index contributed by atoms with van der Waals surface area (Å²) >= 11 is 0. The Labute approximate surface area is 101 Å². The third kappa shape index (κ3) is 2.90. The fourth-order valence-electron chi connectivity index (χ4n) is 2.12. The van der Waals surface area contributed by atoms with Crippen molar-refractivity contribution in [2.45, 2.75) is 25.7 Å². The number of hydrogen-bond acceptors (Lipinski definition) is 3. The van der Waals surface area contributed by atoms with Crippen molar-refractivity contribution in [3.8, 4) is 0 Å². The Balaban J connectivity index is 1.97. The molecule has 1 aliphatic carbocycles. The smallest absolute Gasteiger partial charge is 0.250 e. The Morgan fingerprint density at radius 1 is 1.41 bits per heavy atom. The van der Waals surface area contributed by atoms with Gasteiger partial charge in [0.15, 0.2) is 0 Å². The number of benzene rings is 1. The zero-order valence-electron chi connectivity index (χ0n) is 9.91. The van der Waals surface area contributed by atoms with E-state index in [1.807, 2.05) is 0 Å². The van der Waals surface area contributed by atoms with Crippen molar-refractivity contribution in [2.75, 3.05) is 17.6 Å². The summed E-state index contributed by atoms with van der Waals surface area (Å²) in [5, 5.41) is 3.25. The first-order valence-electron chi connectivity index (χ1n) is 6.10. The van der Waals surface area contributed by atoms with Crippen molar-refractivity contribution in [1.82, 2.24) is 0 Å². The molecule has 1 saturated carbocycles. The average Bonchev–Trinajstić information content (AvgIpc) is 2.21. The van der Waals surface area contributed by atoms with Crippen molar-refractivity contribution in [3.05, 3.63) is 23.8 Å². The summed E-state index contributed by atoms with van der Waals surface area (Å²) in [5.41, 5.74) is 12.9. The van der Waals surface area contributed by atoms with Gasteiger partial charge in [0.1, 0.15) is 0 Å². The summed E-state index contributed by atoms with van der Waals surface area (Å²) in [7, 11) is 0. The van der Waals surface area contributed by atoms with Gasteiger partial charge in [-0.3, -0.25) is 4.79 Å². The fraction of sp³-hybridized carbons (Fsp3) is 0.462. The molecule has 1 fully saturated rings. The molecule has 92 valence electrons. The molecule has 4 nitrogen and oxygen atoms in total. The number of carbonyl (C=O) groups is 1. The van der Waals surface area contributed by atoms with Gasteiger partial charge < -0.3 is 16.8 Å². The average molecular weight is 233 g/mol. The highest BCUT2D eigenvalue weighted by molar-refractivity contribution is 5.99. The molecule has 0 radical (unpaired) electrons. The normalized spacial score (nSPS) is 15.3. The molecule has 0 aromatic heterocycles. The second-order valence-corrected chi connectivity index (χ2v) is 4.68. The molecule has 0 aliphatic heterocycles. The van der Waals surface area contributed by atoms with Crippen LogP contribution in [0.3, 0.4) is 0 Å². The van der Waals surface area contributed by atoms with E-state index in [1.165, 1.54) is 19.3 Å². The van der Waals surface area contributed by atoms with E-state index >= 15 is 0 Å². The summed E-state index contributed by atoms with van der Waals surface area (Å²) in [6.07, 6.45) is 5.17. The highest BCUT2D eigenvalue weighted by Gasteiger charge is 2.16. The Hall–Kier alpha value is -1.71. The maximum absolute atomic E-state index is 11.2. The van der Waals surface area contributed by atoms with Crippen LogP contribution in [0.15, 0.2) is 18.2 Å². The standard InChI is InChI=1S/C13H19N3O/c14-10-4-5-11(13(15)17)12(8-10)16-7-6-9-2-1-3-9/h4-5,8-9,16H,1-3,6-7,14H2,(H2,15,17). The van der Waals surface area contributed by atoms with Crippen LogP contribution in [0.2, 0.25) is 0 Å². The molecule has 0 spiro atoms. The molecular weight excluding hydrogens is 214 g/mol. The van der Waals surface area contributed by atoms with Crippen LogP contribution in [0.5, 0.6) is 0 Å². The molecule has 4 heteroatoms. The predicted octanol–water partition coefficient (Wildman–Crippen LogP) is 1.97. The van der Waals surface area contributed by atoms with Gasteiger partial charge in [0, 0.05) is 17.9 Å². The summed E-state index contributed by atoms with van der Waals surface area (Å²) in [5.74, 6) is 0.428. The zero-order chi connectivity index (χ0) is 12.3. The van der Waals surface area contributed by atoms with E-state index in [4.69, 9.17) is 11.5 Å². The van der Waals surface area contributed by atoms with Gasteiger partial charge in [0.05, 0.1) is 5.56 Å². The van der Waals surface area contributed by atoms with Gasteiger partial charge in [-0.1, -0.05) is 19.3 Å². The number of nitrogen functional groups attached to an aromatic ring is 1. The highest BCUT2D eigenvalue weighted by atomic mass is 16.1. The number of primary amides is 1. The second kappa shape index (κ2) is 5.08. The molecular formula is C13H19N3O. The molecule has 5 N–H and O–H groups in total.